The third-order valence-corrected chi connectivity index (χ3v) is 4.35. The van der Waals surface area contributed by atoms with Crippen LogP contribution in [0.25, 0.3) is 0 Å². The SMILES string of the molecule is Cc1cc(F)c(C(C)NCC(C)c2nccs2)cc1F. The molecule has 0 radical (unpaired) electrons. The van der Waals surface area contributed by atoms with Crippen molar-refractivity contribution in [1.29, 1.82) is 0 Å². The summed E-state index contributed by atoms with van der Waals surface area (Å²) in [5.74, 6) is -0.496. The third-order valence-electron chi connectivity index (χ3n) is 3.35. The summed E-state index contributed by atoms with van der Waals surface area (Å²) < 4.78 is 27.4. The topological polar surface area (TPSA) is 24.9 Å². The van der Waals surface area contributed by atoms with Gasteiger partial charge in [0.25, 0.3) is 0 Å². The molecule has 0 amide bonds. The van der Waals surface area contributed by atoms with Gasteiger partial charge >= 0.3 is 0 Å². The average Bonchev–Trinajstić information content (AvgIpc) is 2.94. The lowest BCUT2D eigenvalue weighted by atomic mass is 10.0. The lowest BCUT2D eigenvalue weighted by Gasteiger charge is -2.18. The van der Waals surface area contributed by atoms with E-state index in [-0.39, 0.29) is 23.6 Å². The van der Waals surface area contributed by atoms with Gasteiger partial charge in [0, 0.05) is 35.6 Å². The fourth-order valence-corrected chi connectivity index (χ4v) is 2.72. The Kier molecular flexibility index (Phi) is 4.83. The van der Waals surface area contributed by atoms with E-state index in [9.17, 15) is 8.78 Å². The van der Waals surface area contributed by atoms with Gasteiger partial charge in [-0.3, -0.25) is 0 Å². The van der Waals surface area contributed by atoms with Gasteiger partial charge in [0.1, 0.15) is 11.6 Å². The van der Waals surface area contributed by atoms with Crippen LogP contribution in [0.1, 0.15) is 41.9 Å². The number of aryl methyl sites for hydroxylation is 1. The molecule has 20 heavy (non-hydrogen) atoms. The van der Waals surface area contributed by atoms with Crippen molar-refractivity contribution < 1.29 is 8.78 Å². The van der Waals surface area contributed by atoms with Crippen LogP contribution in [0.2, 0.25) is 0 Å². The van der Waals surface area contributed by atoms with Crippen molar-refractivity contribution in [2.75, 3.05) is 6.54 Å². The first kappa shape index (κ1) is 15.1. The van der Waals surface area contributed by atoms with Crippen LogP contribution in [-0.4, -0.2) is 11.5 Å². The smallest absolute Gasteiger partial charge is 0.128 e. The number of thiazole rings is 1. The Morgan fingerprint density at radius 3 is 2.65 bits per heavy atom. The zero-order valence-electron chi connectivity index (χ0n) is 11.8. The van der Waals surface area contributed by atoms with E-state index >= 15 is 0 Å². The summed E-state index contributed by atoms with van der Waals surface area (Å²) in [6.45, 7) is 6.13. The van der Waals surface area contributed by atoms with Crippen LogP contribution in [0.15, 0.2) is 23.7 Å². The number of hydrogen-bond donors (Lipinski definition) is 1. The van der Waals surface area contributed by atoms with E-state index in [1.165, 1.54) is 12.1 Å². The Balaban J connectivity index is 2.02. The molecule has 5 heteroatoms. The number of nitrogens with zero attached hydrogens (tertiary/aromatic N) is 1. The minimum atomic E-state index is -0.372. The normalized spacial score (nSPS) is 14.2. The molecule has 2 unspecified atom stereocenters. The molecule has 0 aliphatic rings. The van der Waals surface area contributed by atoms with Crippen LogP contribution in [0.3, 0.4) is 0 Å². The molecule has 2 aromatic rings. The molecule has 0 saturated heterocycles. The highest BCUT2D eigenvalue weighted by molar-refractivity contribution is 7.09. The second kappa shape index (κ2) is 6.41. The van der Waals surface area contributed by atoms with Gasteiger partial charge in [-0.2, -0.15) is 0 Å². The summed E-state index contributed by atoms with van der Waals surface area (Å²) in [5, 5.41) is 6.21. The van der Waals surface area contributed by atoms with Gasteiger partial charge in [-0.05, 0) is 31.5 Å². The lowest BCUT2D eigenvalue weighted by Crippen LogP contribution is -2.24. The number of nitrogens with one attached hydrogen (secondary N) is 1. The molecule has 0 aliphatic heterocycles. The van der Waals surface area contributed by atoms with Gasteiger partial charge in [-0.25, -0.2) is 13.8 Å². The van der Waals surface area contributed by atoms with E-state index < -0.39 is 0 Å². The van der Waals surface area contributed by atoms with Crippen LogP contribution in [0.5, 0.6) is 0 Å². The maximum absolute atomic E-state index is 13.9. The number of hydrogen-bond acceptors (Lipinski definition) is 3. The van der Waals surface area contributed by atoms with Gasteiger partial charge in [0.2, 0.25) is 0 Å². The molecule has 2 atom stereocenters. The van der Waals surface area contributed by atoms with Gasteiger partial charge in [0.05, 0.1) is 5.01 Å². The molecule has 0 bridgehead atoms. The predicted octanol–water partition coefficient (Wildman–Crippen LogP) is 4.18. The minimum absolute atomic E-state index is 0.243. The monoisotopic (exact) mass is 296 g/mol. The van der Waals surface area contributed by atoms with Crippen LogP contribution < -0.4 is 5.32 Å². The summed E-state index contributed by atoms with van der Waals surface area (Å²) in [6, 6.07) is 2.27. The quantitative estimate of drug-likeness (QED) is 0.895. The van der Waals surface area contributed by atoms with Crippen molar-refractivity contribution in [1.82, 2.24) is 10.3 Å². The first-order chi connectivity index (χ1) is 9.49. The zero-order chi connectivity index (χ0) is 14.7. The summed E-state index contributed by atoms with van der Waals surface area (Å²) in [6.07, 6.45) is 1.77. The van der Waals surface area contributed by atoms with Crippen LogP contribution in [0.4, 0.5) is 8.78 Å². The van der Waals surface area contributed by atoms with E-state index in [1.807, 2.05) is 12.3 Å². The summed E-state index contributed by atoms with van der Waals surface area (Å²) in [7, 11) is 0. The van der Waals surface area contributed by atoms with Crippen LogP contribution in [0, 0.1) is 18.6 Å². The van der Waals surface area contributed by atoms with Crippen molar-refractivity contribution in [3.8, 4) is 0 Å². The molecular formula is C15H18F2N2S. The van der Waals surface area contributed by atoms with Gasteiger partial charge in [-0.15, -0.1) is 11.3 Å². The fourth-order valence-electron chi connectivity index (χ4n) is 2.02. The second-order valence-corrected chi connectivity index (χ2v) is 5.95. The molecule has 108 valence electrons. The van der Waals surface area contributed by atoms with Crippen molar-refractivity contribution >= 4 is 11.3 Å². The first-order valence-corrected chi connectivity index (χ1v) is 7.45. The number of halogens is 2. The predicted molar refractivity (Wildman–Crippen MR) is 78.0 cm³/mol. The minimum Gasteiger partial charge on any atom is -0.309 e. The fraction of sp³-hybridized carbons (Fsp3) is 0.400. The second-order valence-electron chi connectivity index (χ2n) is 5.02. The average molecular weight is 296 g/mol. The molecule has 0 saturated carbocycles. The van der Waals surface area contributed by atoms with Crippen molar-refractivity contribution in [2.24, 2.45) is 0 Å². The van der Waals surface area contributed by atoms with Crippen LogP contribution in [-0.2, 0) is 0 Å². The molecule has 1 aromatic carbocycles. The van der Waals surface area contributed by atoms with E-state index in [4.69, 9.17) is 0 Å². The largest absolute Gasteiger partial charge is 0.309 e. The molecule has 0 aliphatic carbocycles. The Morgan fingerprint density at radius 1 is 1.25 bits per heavy atom. The number of aromatic nitrogens is 1. The van der Waals surface area contributed by atoms with Crippen molar-refractivity contribution in [3.63, 3.8) is 0 Å². The third kappa shape index (κ3) is 3.41. The molecular weight excluding hydrogens is 278 g/mol. The highest BCUT2D eigenvalue weighted by Gasteiger charge is 2.15. The summed E-state index contributed by atoms with van der Waals surface area (Å²) in [4.78, 5) is 4.25. The molecule has 0 fully saturated rings. The molecule has 1 heterocycles. The summed E-state index contributed by atoms with van der Waals surface area (Å²) in [5.41, 5.74) is 0.689. The first-order valence-electron chi connectivity index (χ1n) is 6.57. The van der Waals surface area contributed by atoms with Crippen molar-refractivity contribution in [2.45, 2.75) is 32.7 Å². The molecule has 1 aromatic heterocycles. The Morgan fingerprint density at radius 2 is 2.00 bits per heavy atom. The molecule has 0 spiro atoms. The highest BCUT2D eigenvalue weighted by Crippen LogP contribution is 2.22. The van der Waals surface area contributed by atoms with E-state index in [1.54, 1.807) is 24.5 Å². The van der Waals surface area contributed by atoms with Gasteiger partial charge in [0.15, 0.2) is 0 Å². The maximum atomic E-state index is 13.9. The van der Waals surface area contributed by atoms with Gasteiger partial charge < -0.3 is 5.32 Å². The molecule has 2 rings (SSSR count). The maximum Gasteiger partial charge on any atom is 0.128 e. The number of benzene rings is 1. The van der Waals surface area contributed by atoms with Crippen molar-refractivity contribution in [3.05, 3.63) is 51.5 Å². The Bertz CT molecular complexity index is 570. The Labute approximate surface area is 121 Å². The molecule has 2 nitrogen and oxygen atoms in total. The lowest BCUT2D eigenvalue weighted by molar-refractivity contribution is 0.499. The zero-order valence-corrected chi connectivity index (χ0v) is 12.6. The highest BCUT2D eigenvalue weighted by atomic mass is 32.1. The summed E-state index contributed by atoms with van der Waals surface area (Å²) >= 11 is 1.60. The number of rotatable bonds is 5. The van der Waals surface area contributed by atoms with E-state index in [0.717, 1.165) is 5.01 Å². The van der Waals surface area contributed by atoms with E-state index in [2.05, 4.69) is 17.2 Å². The van der Waals surface area contributed by atoms with Crippen LogP contribution >= 0.6 is 11.3 Å². The molecule has 1 N–H and O–H groups in total. The van der Waals surface area contributed by atoms with E-state index in [0.29, 0.717) is 17.7 Å². The standard InChI is InChI=1S/C15H18F2N2S/c1-9-6-14(17)12(7-13(9)16)11(3)19-8-10(2)15-18-4-5-20-15/h4-7,10-11,19H,8H2,1-3H3. The van der Waals surface area contributed by atoms with Gasteiger partial charge in [-0.1, -0.05) is 6.92 Å². The Hall–Kier alpha value is -1.33.